The molecule has 0 saturated heterocycles. The van der Waals surface area contributed by atoms with E-state index in [0.29, 0.717) is 18.8 Å². The zero-order valence-corrected chi connectivity index (χ0v) is 28.2. The second kappa shape index (κ2) is 19.4. The Hall–Kier alpha value is -3.11. The summed E-state index contributed by atoms with van der Waals surface area (Å²) < 4.78 is 5.24. The maximum atomic E-state index is 14.1. The number of esters is 1. The summed E-state index contributed by atoms with van der Waals surface area (Å²) >= 11 is 0. The summed E-state index contributed by atoms with van der Waals surface area (Å²) in [7, 11) is 0. The second-order valence-electron chi connectivity index (χ2n) is 13.0. The van der Waals surface area contributed by atoms with Crippen molar-refractivity contribution in [3.8, 4) is 0 Å². The van der Waals surface area contributed by atoms with Crippen LogP contribution in [0.1, 0.15) is 111 Å². The number of hydroxylamine groups is 2. The number of benzene rings is 1. The fourth-order valence-electron chi connectivity index (χ4n) is 5.94. The van der Waals surface area contributed by atoms with Gasteiger partial charge in [0.2, 0.25) is 11.8 Å². The number of nitrogens with zero attached hydrogens (tertiary/aromatic N) is 3. The van der Waals surface area contributed by atoms with E-state index in [0.717, 1.165) is 41.2 Å². The molecule has 10 heteroatoms. The maximum Gasteiger partial charge on any atom is 0.331 e. The van der Waals surface area contributed by atoms with Crippen LogP contribution in [0.4, 0.5) is 0 Å². The Labute approximate surface area is 269 Å². The summed E-state index contributed by atoms with van der Waals surface area (Å²) in [5.74, 6) is -2.42. The van der Waals surface area contributed by atoms with Crippen molar-refractivity contribution in [2.45, 2.75) is 130 Å². The molecule has 0 spiro atoms. The molecule has 3 amide bonds. The molecule has 0 aromatic heterocycles. The number of amidine groups is 1. The van der Waals surface area contributed by atoms with Crippen LogP contribution in [0.25, 0.3) is 0 Å². The van der Waals surface area contributed by atoms with E-state index in [-0.39, 0.29) is 50.0 Å². The lowest BCUT2D eigenvalue weighted by Gasteiger charge is -2.32. The molecule has 0 unspecified atom stereocenters. The number of nitrogens with two attached hydrogens (primary N) is 1. The third-order valence-corrected chi connectivity index (χ3v) is 8.29. The average Bonchev–Trinajstić information content (AvgIpc) is 2.99. The Kier molecular flexibility index (Phi) is 16.4. The molecule has 1 aliphatic carbocycles. The lowest BCUT2D eigenvalue weighted by molar-refractivity contribution is -0.163. The summed E-state index contributed by atoms with van der Waals surface area (Å²) in [6, 6.07) is 5.95. The van der Waals surface area contributed by atoms with Crippen molar-refractivity contribution in [1.82, 2.24) is 9.96 Å². The molecule has 45 heavy (non-hydrogen) atoms. The Balaban J connectivity index is 2.52. The highest BCUT2D eigenvalue weighted by atomic mass is 16.6. The number of ether oxygens (including phenoxy) is 1. The molecule has 252 valence electrons. The Morgan fingerprint density at radius 2 is 1.67 bits per heavy atom. The number of imide groups is 1. The normalized spacial score (nSPS) is 16.3. The quantitative estimate of drug-likeness (QED) is 0.103. The van der Waals surface area contributed by atoms with Crippen LogP contribution in [-0.4, -0.2) is 69.4 Å². The van der Waals surface area contributed by atoms with Gasteiger partial charge in [0.25, 0.3) is 5.91 Å². The first-order valence-corrected chi connectivity index (χ1v) is 16.8. The number of aliphatic imine (C=N–C) groups is 1. The van der Waals surface area contributed by atoms with Crippen LogP contribution >= 0.6 is 0 Å². The number of carbonyl (C=O) groups excluding carboxylic acids is 4. The van der Waals surface area contributed by atoms with Crippen molar-refractivity contribution in [2.24, 2.45) is 28.5 Å². The van der Waals surface area contributed by atoms with Crippen LogP contribution in [0.2, 0.25) is 0 Å². The maximum absolute atomic E-state index is 14.1. The van der Waals surface area contributed by atoms with Gasteiger partial charge in [-0.1, -0.05) is 103 Å². The number of amides is 3. The van der Waals surface area contributed by atoms with Crippen LogP contribution in [0.3, 0.4) is 0 Å². The van der Waals surface area contributed by atoms with E-state index in [2.05, 4.69) is 4.99 Å². The van der Waals surface area contributed by atoms with Gasteiger partial charge in [0.05, 0.1) is 12.6 Å². The highest BCUT2D eigenvalue weighted by molar-refractivity contribution is 6.05. The van der Waals surface area contributed by atoms with Crippen molar-refractivity contribution >= 4 is 29.5 Å². The van der Waals surface area contributed by atoms with E-state index < -0.39 is 41.8 Å². The average molecular weight is 629 g/mol. The molecule has 1 aromatic carbocycles. The summed E-state index contributed by atoms with van der Waals surface area (Å²) in [5.41, 5.74) is 7.22. The number of rotatable bonds is 16. The first-order chi connectivity index (χ1) is 21.4. The Bertz CT molecular complexity index is 1120. The molecular formula is C35H56N4O6. The van der Waals surface area contributed by atoms with Crippen LogP contribution < -0.4 is 5.73 Å². The standard InChI is InChI=1S/C35H56N4O6/c1-7-15-29(38(31(40)22-24(3)4)34(42)28(36)23-27-18-13-10-14-19-27)33(41)37-30(21-20-26-16-11-9-12-17-26)39(44)32(25(5)6)35(43)45-8-2/h10,13-14,18-19,24-26,28-29,32,44H,7-9,11-12,15-17,20-23,36H2,1-6H3/t28-,29-,32-/m0/s1. The van der Waals surface area contributed by atoms with Crippen LogP contribution in [0.5, 0.6) is 0 Å². The zero-order valence-electron chi connectivity index (χ0n) is 28.2. The van der Waals surface area contributed by atoms with E-state index >= 15 is 0 Å². The van der Waals surface area contributed by atoms with Gasteiger partial charge < -0.3 is 10.5 Å². The smallest absolute Gasteiger partial charge is 0.331 e. The van der Waals surface area contributed by atoms with Gasteiger partial charge in [0, 0.05) is 12.8 Å². The summed E-state index contributed by atoms with van der Waals surface area (Å²) in [6.45, 7) is 11.0. The van der Waals surface area contributed by atoms with E-state index in [4.69, 9.17) is 10.5 Å². The number of hydrogen-bond acceptors (Lipinski definition) is 7. The number of carbonyl (C=O) groups is 4. The first kappa shape index (κ1) is 38.1. The molecule has 0 aliphatic heterocycles. The lowest BCUT2D eigenvalue weighted by atomic mass is 9.86. The first-order valence-electron chi connectivity index (χ1n) is 16.8. The molecule has 3 atom stereocenters. The van der Waals surface area contributed by atoms with Gasteiger partial charge in [-0.05, 0) is 49.5 Å². The van der Waals surface area contributed by atoms with Crippen molar-refractivity contribution in [1.29, 1.82) is 0 Å². The van der Waals surface area contributed by atoms with Crippen molar-refractivity contribution in [2.75, 3.05) is 6.61 Å². The minimum atomic E-state index is -1.20. The minimum Gasteiger partial charge on any atom is -0.464 e. The second-order valence-corrected chi connectivity index (χ2v) is 13.0. The van der Waals surface area contributed by atoms with E-state index in [1.54, 1.807) is 20.8 Å². The predicted molar refractivity (Wildman–Crippen MR) is 175 cm³/mol. The van der Waals surface area contributed by atoms with Gasteiger partial charge in [-0.2, -0.15) is 4.99 Å². The predicted octanol–water partition coefficient (Wildman–Crippen LogP) is 5.69. The molecule has 1 saturated carbocycles. The molecule has 1 fully saturated rings. The van der Waals surface area contributed by atoms with Gasteiger partial charge >= 0.3 is 5.97 Å². The van der Waals surface area contributed by atoms with Gasteiger partial charge in [-0.15, -0.1) is 0 Å². The SMILES string of the molecule is CCC[C@@H](C(=O)N=C(CCC1CCCCC1)N(O)[C@H](C(=O)OCC)C(C)C)N(C(=O)CC(C)C)C(=O)[C@@H](N)Cc1ccccc1. The van der Waals surface area contributed by atoms with Crippen LogP contribution in [0, 0.1) is 17.8 Å². The molecule has 0 bridgehead atoms. The Morgan fingerprint density at radius 1 is 1.02 bits per heavy atom. The monoisotopic (exact) mass is 628 g/mol. The van der Waals surface area contributed by atoms with Crippen LogP contribution in [-0.2, 0) is 30.3 Å². The van der Waals surface area contributed by atoms with Crippen LogP contribution in [0.15, 0.2) is 35.3 Å². The van der Waals surface area contributed by atoms with E-state index in [1.165, 1.54) is 6.42 Å². The summed E-state index contributed by atoms with van der Waals surface area (Å²) in [6.07, 6.45) is 7.46. The highest BCUT2D eigenvalue weighted by Crippen LogP contribution is 2.28. The third-order valence-electron chi connectivity index (χ3n) is 8.29. The molecule has 0 heterocycles. The van der Waals surface area contributed by atoms with Crippen molar-refractivity contribution in [3.63, 3.8) is 0 Å². The molecular weight excluding hydrogens is 572 g/mol. The van der Waals surface area contributed by atoms with E-state index in [1.807, 2.05) is 51.1 Å². The molecule has 3 N–H and O–H groups in total. The molecule has 1 aliphatic rings. The highest BCUT2D eigenvalue weighted by Gasteiger charge is 2.38. The molecule has 0 radical (unpaired) electrons. The Morgan fingerprint density at radius 3 is 2.22 bits per heavy atom. The molecule has 1 aromatic rings. The summed E-state index contributed by atoms with van der Waals surface area (Å²) in [4.78, 5) is 59.8. The van der Waals surface area contributed by atoms with Gasteiger partial charge in [-0.3, -0.25) is 24.5 Å². The van der Waals surface area contributed by atoms with Crippen molar-refractivity contribution in [3.05, 3.63) is 35.9 Å². The van der Waals surface area contributed by atoms with Gasteiger partial charge in [0.1, 0.15) is 11.9 Å². The fraction of sp³-hybridized carbons (Fsp3) is 0.686. The largest absolute Gasteiger partial charge is 0.464 e. The van der Waals surface area contributed by atoms with E-state index in [9.17, 15) is 24.4 Å². The van der Waals surface area contributed by atoms with Gasteiger partial charge in [0.15, 0.2) is 6.04 Å². The lowest BCUT2D eigenvalue weighted by Crippen LogP contribution is -2.55. The summed E-state index contributed by atoms with van der Waals surface area (Å²) in [5, 5.41) is 12.2. The van der Waals surface area contributed by atoms with Gasteiger partial charge in [-0.25, -0.2) is 9.86 Å². The molecule has 2 rings (SSSR count). The minimum absolute atomic E-state index is 0.0377. The zero-order chi connectivity index (χ0) is 33.5. The molecule has 10 nitrogen and oxygen atoms in total. The topological polar surface area (TPSA) is 143 Å². The number of hydrogen-bond donors (Lipinski definition) is 2. The van der Waals surface area contributed by atoms with Crippen molar-refractivity contribution < 1.29 is 29.1 Å². The third kappa shape index (κ3) is 12.0. The fourth-order valence-corrected chi connectivity index (χ4v) is 5.94.